The summed E-state index contributed by atoms with van der Waals surface area (Å²) in [7, 11) is 0. The summed E-state index contributed by atoms with van der Waals surface area (Å²) in [6.07, 6.45) is 2.72. The molecular weight excluding hydrogens is 138 g/mol. The van der Waals surface area contributed by atoms with Crippen molar-refractivity contribution in [2.75, 3.05) is 13.2 Å². The number of ether oxygens (including phenoxy) is 1. The molecule has 1 unspecified atom stereocenters. The van der Waals surface area contributed by atoms with Crippen LogP contribution >= 0.6 is 0 Å². The molecule has 1 saturated carbocycles. The predicted molar refractivity (Wildman–Crippen MR) is 44.5 cm³/mol. The van der Waals surface area contributed by atoms with Gasteiger partial charge in [-0.3, -0.25) is 0 Å². The Hall–Kier alpha value is -0.0800. The smallest absolute Gasteiger partial charge is 0.0559 e. The summed E-state index contributed by atoms with van der Waals surface area (Å²) in [6, 6.07) is 1.37. The fourth-order valence-corrected chi connectivity index (χ4v) is 2.07. The van der Waals surface area contributed by atoms with Gasteiger partial charge >= 0.3 is 0 Å². The van der Waals surface area contributed by atoms with Crippen LogP contribution in [-0.2, 0) is 4.74 Å². The van der Waals surface area contributed by atoms with Crippen molar-refractivity contribution in [3.05, 3.63) is 0 Å². The van der Waals surface area contributed by atoms with E-state index >= 15 is 0 Å². The summed E-state index contributed by atoms with van der Waals surface area (Å²) in [4.78, 5) is 0. The maximum Gasteiger partial charge on any atom is 0.0559 e. The fourth-order valence-electron chi connectivity index (χ4n) is 2.07. The molecule has 1 atom stereocenters. The molecule has 1 aliphatic carbocycles. The van der Waals surface area contributed by atoms with Gasteiger partial charge in [0.15, 0.2) is 0 Å². The van der Waals surface area contributed by atoms with Crippen molar-refractivity contribution in [3.63, 3.8) is 0 Å². The van der Waals surface area contributed by atoms with Gasteiger partial charge in [0.05, 0.1) is 13.2 Å². The SMILES string of the molecule is CC(C)NC1CCC12COC2. The second kappa shape index (κ2) is 2.46. The van der Waals surface area contributed by atoms with Crippen molar-refractivity contribution in [1.82, 2.24) is 5.32 Å². The standard InChI is InChI=1S/C9H17NO/c1-7(2)10-8-3-4-9(8)5-11-6-9/h7-8,10H,3-6H2,1-2H3. The topological polar surface area (TPSA) is 21.3 Å². The number of rotatable bonds is 2. The molecule has 0 radical (unpaired) electrons. The minimum absolute atomic E-state index is 0.560. The summed E-state index contributed by atoms with van der Waals surface area (Å²) < 4.78 is 5.25. The monoisotopic (exact) mass is 155 g/mol. The van der Waals surface area contributed by atoms with Crippen LogP contribution in [0.5, 0.6) is 0 Å². The maximum atomic E-state index is 5.25. The molecule has 2 heteroatoms. The zero-order valence-corrected chi connectivity index (χ0v) is 7.39. The summed E-state index contributed by atoms with van der Waals surface area (Å²) in [5, 5.41) is 3.59. The van der Waals surface area contributed by atoms with E-state index in [0.29, 0.717) is 11.5 Å². The van der Waals surface area contributed by atoms with Gasteiger partial charge in [0.2, 0.25) is 0 Å². The lowest BCUT2D eigenvalue weighted by Crippen LogP contribution is -2.64. The van der Waals surface area contributed by atoms with E-state index in [2.05, 4.69) is 19.2 Å². The Morgan fingerprint density at radius 2 is 2.18 bits per heavy atom. The minimum Gasteiger partial charge on any atom is -0.380 e. The van der Waals surface area contributed by atoms with E-state index in [0.717, 1.165) is 19.3 Å². The van der Waals surface area contributed by atoms with Crippen LogP contribution in [0.3, 0.4) is 0 Å². The number of hydrogen-bond donors (Lipinski definition) is 1. The number of hydrogen-bond acceptors (Lipinski definition) is 2. The molecular formula is C9H17NO. The second-order valence-electron chi connectivity index (χ2n) is 4.27. The fraction of sp³-hybridized carbons (Fsp3) is 1.00. The molecule has 1 aliphatic heterocycles. The summed E-state index contributed by atoms with van der Waals surface area (Å²) in [6.45, 7) is 6.42. The van der Waals surface area contributed by atoms with Gasteiger partial charge in [-0.15, -0.1) is 0 Å². The first kappa shape index (κ1) is 7.56. The van der Waals surface area contributed by atoms with E-state index in [9.17, 15) is 0 Å². The zero-order valence-electron chi connectivity index (χ0n) is 7.39. The van der Waals surface area contributed by atoms with Gasteiger partial charge in [-0.2, -0.15) is 0 Å². The van der Waals surface area contributed by atoms with Gasteiger partial charge in [0, 0.05) is 17.5 Å². The molecule has 1 heterocycles. The van der Waals surface area contributed by atoms with Crippen LogP contribution < -0.4 is 5.32 Å². The van der Waals surface area contributed by atoms with Crippen molar-refractivity contribution >= 4 is 0 Å². The molecule has 1 spiro atoms. The van der Waals surface area contributed by atoms with E-state index in [-0.39, 0.29) is 0 Å². The van der Waals surface area contributed by atoms with Crippen LogP contribution in [0.25, 0.3) is 0 Å². The van der Waals surface area contributed by atoms with Crippen LogP contribution in [0.15, 0.2) is 0 Å². The van der Waals surface area contributed by atoms with Crippen molar-refractivity contribution in [2.45, 2.75) is 38.8 Å². The highest BCUT2D eigenvalue weighted by atomic mass is 16.5. The highest BCUT2D eigenvalue weighted by Gasteiger charge is 2.52. The zero-order chi connectivity index (χ0) is 7.90. The van der Waals surface area contributed by atoms with Crippen LogP contribution in [0, 0.1) is 5.41 Å². The Labute approximate surface area is 68.3 Å². The first-order chi connectivity index (χ1) is 5.23. The largest absolute Gasteiger partial charge is 0.380 e. The minimum atomic E-state index is 0.560. The third-order valence-electron chi connectivity index (χ3n) is 2.98. The van der Waals surface area contributed by atoms with E-state index in [1.807, 2.05) is 0 Å². The van der Waals surface area contributed by atoms with Crippen LogP contribution in [0.1, 0.15) is 26.7 Å². The van der Waals surface area contributed by atoms with Crippen LogP contribution in [0.4, 0.5) is 0 Å². The Balaban J connectivity index is 1.86. The van der Waals surface area contributed by atoms with Crippen molar-refractivity contribution in [3.8, 4) is 0 Å². The lowest BCUT2D eigenvalue weighted by atomic mass is 9.63. The third-order valence-corrected chi connectivity index (χ3v) is 2.98. The van der Waals surface area contributed by atoms with E-state index < -0.39 is 0 Å². The maximum absolute atomic E-state index is 5.25. The molecule has 2 aliphatic rings. The van der Waals surface area contributed by atoms with Gasteiger partial charge in [-0.05, 0) is 12.8 Å². The number of nitrogens with one attached hydrogen (secondary N) is 1. The average molecular weight is 155 g/mol. The van der Waals surface area contributed by atoms with Crippen LogP contribution in [0.2, 0.25) is 0 Å². The molecule has 0 aromatic rings. The quantitative estimate of drug-likeness (QED) is 0.646. The van der Waals surface area contributed by atoms with Crippen LogP contribution in [-0.4, -0.2) is 25.3 Å². The predicted octanol–water partition coefficient (Wildman–Crippen LogP) is 1.16. The Morgan fingerprint density at radius 1 is 1.45 bits per heavy atom. The lowest BCUT2D eigenvalue weighted by molar-refractivity contribution is -0.177. The molecule has 11 heavy (non-hydrogen) atoms. The molecule has 0 amide bonds. The molecule has 0 aromatic heterocycles. The summed E-state index contributed by atoms with van der Waals surface area (Å²) >= 11 is 0. The Bertz CT molecular complexity index is 146. The Kier molecular flexibility index (Phi) is 1.69. The van der Waals surface area contributed by atoms with Gasteiger partial charge in [-0.25, -0.2) is 0 Å². The molecule has 1 N–H and O–H groups in total. The van der Waals surface area contributed by atoms with Gasteiger partial charge in [0.1, 0.15) is 0 Å². The second-order valence-corrected chi connectivity index (χ2v) is 4.27. The van der Waals surface area contributed by atoms with E-state index in [1.54, 1.807) is 0 Å². The van der Waals surface area contributed by atoms with Crippen molar-refractivity contribution in [1.29, 1.82) is 0 Å². The van der Waals surface area contributed by atoms with Gasteiger partial charge < -0.3 is 10.1 Å². The molecule has 2 fully saturated rings. The first-order valence-corrected chi connectivity index (χ1v) is 4.57. The third kappa shape index (κ3) is 1.09. The highest BCUT2D eigenvalue weighted by Crippen LogP contribution is 2.46. The lowest BCUT2D eigenvalue weighted by Gasteiger charge is -2.55. The molecule has 0 aromatic carbocycles. The normalized spacial score (nSPS) is 33.5. The van der Waals surface area contributed by atoms with E-state index in [1.165, 1.54) is 12.8 Å². The molecule has 2 nitrogen and oxygen atoms in total. The van der Waals surface area contributed by atoms with Crippen molar-refractivity contribution in [2.24, 2.45) is 5.41 Å². The van der Waals surface area contributed by atoms with Crippen molar-refractivity contribution < 1.29 is 4.74 Å². The molecule has 1 saturated heterocycles. The molecule has 64 valence electrons. The van der Waals surface area contributed by atoms with Gasteiger partial charge in [0.25, 0.3) is 0 Å². The summed E-state index contributed by atoms with van der Waals surface area (Å²) in [5.74, 6) is 0. The van der Waals surface area contributed by atoms with Gasteiger partial charge in [-0.1, -0.05) is 13.8 Å². The molecule has 2 rings (SSSR count). The molecule has 0 bridgehead atoms. The first-order valence-electron chi connectivity index (χ1n) is 4.57. The Morgan fingerprint density at radius 3 is 2.45 bits per heavy atom. The summed E-state index contributed by atoms with van der Waals surface area (Å²) in [5.41, 5.74) is 0.560. The highest BCUT2D eigenvalue weighted by molar-refractivity contribution is 5.04. The average Bonchev–Trinajstić information content (AvgIpc) is 1.76. The van der Waals surface area contributed by atoms with E-state index in [4.69, 9.17) is 4.74 Å².